The summed E-state index contributed by atoms with van der Waals surface area (Å²) >= 11 is 0. The molecule has 3 N–H and O–H groups in total. The van der Waals surface area contributed by atoms with E-state index in [1.807, 2.05) is 51.1 Å². The van der Waals surface area contributed by atoms with Crippen LogP contribution in [-0.2, 0) is 17.3 Å². The van der Waals surface area contributed by atoms with Gasteiger partial charge >= 0.3 is 0 Å². The van der Waals surface area contributed by atoms with E-state index < -0.39 is 5.41 Å². The standard InChI is InChI=1S/C15H20N4O/c1-10-12(16)13(19(4)18-10)17-14(20)15(2,3)11-8-6-5-7-9-11/h5-9H,16H2,1-4H3,(H,17,20). The molecule has 106 valence electrons. The molecule has 1 heterocycles. The van der Waals surface area contributed by atoms with E-state index in [2.05, 4.69) is 10.4 Å². The molecule has 0 saturated carbocycles. The van der Waals surface area contributed by atoms with Crippen molar-refractivity contribution >= 4 is 17.4 Å². The van der Waals surface area contributed by atoms with Crippen molar-refractivity contribution in [3.63, 3.8) is 0 Å². The molecule has 1 amide bonds. The molecule has 0 saturated heterocycles. The molecular formula is C15H20N4O. The van der Waals surface area contributed by atoms with Crippen molar-refractivity contribution in [1.29, 1.82) is 0 Å². The summed E-state index contributed by atoms with van der Waals surface area (Å²) in [4.78, 5) is 12.5. The van der Waals surface area contributed by atoms with Crippen molar-refractivity contribution < 1.29 is 4.79 Å². The lowest BCUT2D eigenvalue weighted by atomic mass is 9.84. The molecule has 5 heteroatoms. The molecule has 1 aromatic carbocycles. The van der Waals surface area contributed by atoms with Crippen LogP contribution in [-0.4, -0.2) is 15.7 Å². The van der Waals surface area contributed by atoms with Gasteiger partial charge in [0.05, 0.1) is 16.8 Å². The third-order valence-electron chi connectivity index (χ3n) is 3.56. The zero-order valence-corrected chi connectivity index (χ0v) is 12.3. The van der Waals surface area contributed by atoms with Crippen LogP contribution in [0.5, 0.6) is 0 Å². The van der Waals surface area contributed by atoms with Crippen LogP contribution < -0.4 is 11.1 Å². The Morgan fingerprint density at radius 2 is 1.90 bits per heavy atom. The number of nitrogens with zero attached hydrogens (tertiary/aromatic N) is 2. The zero-order valence-electron chi connectivity index (χ0n) is 12.3. The SMILES string of the molecule is Cc1nn(C)c(NC(=O)C(C)(C)c2ccccc2)c1N. The summed E-state index contributed by atoms with van der Waals surface area (Å²) in [6, 6.07) is 9.66. The fourth-order valence-corrected chi connectivity index (χ4v) is 2.07. The molecule has 0 spiro atoms. The van der Waals surface area contributed by atoms with Crippen LogP contribution in [0.1, 0.15) is 25.1 Å². The van der Waals surface area contributed by atoms with Crippen molar-refractivity contribution in [1.82, 2.24) is 9.78 Å². The Morgan fingerprint density at radius 1 is 1.30 bits per heavy atom. The van der Waals surface area contributed by atoms with Gasteiger partial charge in [-0.25, -0.2) is 0 Å². The molecule has 0 fully saturated rings. The zero-order chi connectivity index (χ0) is 14.9. The minimum absolute atomic E-state index is 0.113. The predicted octanol–water partition coefficient (Wildman–Crippen LogP) is 2.23. The number of nitrogens with one attached hydrogen (secondary N) is 1. The van der Waals surface area contributed by atoms with Crippen molar-refractivity contribution in [2.24, 2.45) is 7.05 Å². The molecule has 1 aromatic heterocycles. The lowest BCUT2D eigenvalue weighted by Gasteiger charge is -2.24. The van der Waals surface area contributed by atoms with Crippen LogP contribution in [0, 0.1) is 6.92 Å². The van der Waals surface area contributed by atoms with Gasteiger partial charge in [0.25, 0.3) is 0 Å². The Morgan fingerprint density at radius 3 is 2.40 bits per heavy atom. The van der Waals surface area contributed by atoms with Crippen LogP contribution in [0.4, 0.5) is 11.5 Å². The molecule has 0 bridgehead atoms. The Balaban J connectivity index is 2.28. The Bertz CT molecular complexity index is 629. The van der Waals surface area contributed by atoms with E-state index in [9.17, 15) is 4.79 Å². The highest BCUT2D eigenvalue weighted by molar-refractivity contribution is 5.99. The summed E-state index contributed by atoms with van der Waals surface area (Å²) in [7, 11) is 1.76. The van der Waals surface area contributed by atoms with Gasteiger partial charge in [0.15, 0.2) is 5.82 Å². The highest BCUT2D eigenvalue weighted by atomic mass is 16.2. The Hall–Kier alpha value is -2.30. The summed E-state index contributed by atoms with van der Waals surface area (Å²) in [5.41, 5.74) is 7.46. The molecule has 20 heavy (non-hydrogen) atoms. The van der Waals surface area contributed by atoms with Crippen LogP contribution in [0.15, 0.2) is 30.3 Å². The topological polar surface area (TPSA) is 72.9 Å². The van der Waals surface area contributed by atoms with Crippen molar-refractivity contribution in [2.45, 2.75) is 26.2 Å². The first-order valence-corrected chi connectivity index (χ1v) is 6.50. The smallest absolute Gasteiger partial charge is 0.235 e. The summed E-state index contributed by atoms with van der Waals surface area (Å²) in [5, 5.41) is 7.07. The van der Waals surface area contributed by atoms with E-state index in [4.69, 9.17) is 5.73 Å². The summed E-state index contributed by atoms with van der Waals surface area (Å²) in [6.45, 7) is 5.58. The number of amides is 1. The monoisotopic (exact) mass is 272 g/mol. The van der Waals surface area contributed by atoms with E-state index in [0.717, 1.165) is 5.56 Å². The maximum absolute atomic E-state index is 12.5. The van der Waals surface area contributed by atoms with Crippen LogP contribution in [0.3, 0.4) is 0 Å². The molecule has 0 unspecified atom stereocenters. The number of carbonyl (C=O) groups is 1. The minimum Gasteiger partial charge on any atom is -0.394 e. The highest BCUT2D eigenvalue weighted by Gasteiger charge is 2.30. The second-order valence-corrected chi connectivity index (χ2v) is 5.42. The second-order valence-electron chi connectivity index (χ2n) is 5.42. The quantitative estimate of drug-likeness (QED) is 0.900. The first kappa shape index (κ1) is 14.1. The minimum atomic E-state index is -0.647. The molecule has 0 aliphatic heterocycles. The average Bonchev–Trinajstić information content (AvgIpc) is 2.66. The van der Waals surface area contributed by atoms with Crippen molar-refractivity contribution in [2.75, 3.05) is 11.1 Å². The molecule has 0 aliphatic carbocycles. The van der Waals surface area contributed by atoms with Crippen molar-refractivity contribution in [3.05, 3.63) is 41.6 Å². The maximum atomic E-state index is 12.5. The van der Waals surface area contributed by atoms with Gasteiger partial charge in [0, 0.05) is 7.05 Å². The van der Waals surface area contributed by atoms with Gasteiger partial charge in [-0.2, -0.15) is 5.10 Å². The molecule has 0 aliphatic rings. The third kappa shape index (κ3) is 2.39. The Labute approximate surface area is 118 Å². The van der Waals surface area contributed by atoms with Crippen LogP contribution in [0.25, 0.3) is 0 Å². The molecule has 0 atom stereocenters. The van der Waals surface area contributed by atoms with Gasteiger partial charge in [0.1, 0.15) is 0 Å². The number of aryl methyl sites for hydroxylation is 2. The lowest BCUT2D eigenvalue weighted by Crippen LogP contribution is -2.35. The van der Waals surface area contributed by atoms with E-state index in [1.54, 1.807) is 11.7 Å². The lowest BCUT2D eigenvalue weighted by molar-refractivity contribution is -0.120. The van der Waals surface area contributed by atoms with Gasteiger partial charge < -0.3 is 11.1 Å². The molecule has 2 aromatic rings. The van der Waals surface area contributed by atoms with Gasteiger partial charge in [-0.05, 0) is 26.3 Å². The first-order valence-electron chi connectivity index (χ1n) is 6.50. The van der Waals surface area contributed by atoms with E-state index >= 15 is 0 Å². The average molecular weight is 272 g/mol. The van der Waals surface area contributed by atoms with Gasteiger partial charge in [-0.1, -0.05) is 30.3 Å². The van der Waals surface area contributed by atoms with Crippen LogP contribution in [0.2, 0.25) is 0 Å². The van der Waals surface area contributed by atoms with Gasteiger partial charge in [-0.15, -0.1) is 0 Å². The van der Waals surface area contributed by atoms with Gasteiger partial charge in [0.2, 0.25) is 5.91 Å². The number of hydrogen-bond donors (Lipinski definition) is 2. The molecular weight excluding hydrogens is 252 g/mol. The number of anilines is 2. The molecule has 2 rings (SSSR count). The number of benzene rings is 1. The van der Waals surface area contributed by atoms with Crippen molar-refractivity contribution in [3.8, 4) is 0 Å². The number of nitrogen functional groups attached to an aromatic ring is 1. The van der Waals surface area contributed by atoms with Gasteiger partial charge in [-0.3, -0.25) is 9.48 Å². The largest absolute Gasteiger partial charge is 0.394 e. The predicted molar refractivity (Wildman–Crippen MR) is 80.5 cm³/mol. The Kier molecular flexibility index (Phi) is 3.53. The normalized spacial score (nSPS) is 11.4. The third-order valence-corrected chi connectivity index (χ3v) is 3.56. The number of rotatable bonds is 3. The summed E-state index contributed by atoms with van der Waals surface area (Å²) in [6.07, 6.45) is 0. The van der Waals surface area contributed by atoms with Crippen LogP contribution >= 0.6 is 0 Å². The molecule has 5 nitrogen and oxygen atoms in total. The highest BCUT2D eigenvalue weighted by Crippen LogP contribution is 2.27. The summed E-state index contributed by atoms with van der Waals surface area (Å²) in [5.74, 6) is 0.426. The fourth-order valence-electron chi connectivity index (χ4n) is 2.07. The first-order chi connectivity index (χ1) is 9.34. The molecule has 0 radical (unpaired) electrons. The van der Waals surface area contributed by atoms with E-state index in [0.29, 0.717) is 17.2 Å². The second kappa shape index (κ2) is 5.00. The maximum Gasteiger partial charge on any atom is 0.235 e. The van der Waals surface area contributed by atoms with E-state index in [-0.39, 0.29) is 5.91 Å². The summed E-state index contributed by atoms with van der Waals surface area (Å²) < 4.78 is 1.59. The number of aromatic nitrogens is 2. The fraction of sp³-hybridized carbons (Fsp3) is 0.333. The number of hydrogen-bond acceptors (Lipinski definition) is 3. The number of carbonyl (C=O) groups excluding carboxylic acids is 1. The number of nitrogens with two attached hydrogens (primary N) is 1. The van der Waals surface area contributed by atoms with E-state index in [1.165, 1.54) is 0 Å².